The van der Waals surface area contributed by atoms with E-state index in [0.717, 1.165) is 6.26 Å². The second kappa shape index (κ2) is 5.49. The zero-order chi connectivity index (χ0) is 14.7. The second-order valence-electron chi connectivity index (χ2n) is 4.77. The van der Waals surface area contributed by atoms with Crippen LogP contribution < -0.4 is 10.0 Å². The lowest BCUT2D eigenvalue weighted by molar-refractivity contribution is -0.389. The van der Waals surface area contributed by atoms with Crippen LogP contribution in [0.25, 0.3) is 0 Å². The van der Waals surface area contributed by atoms with Gasteiger partial charge in [0.15, 0.2) is 6.20 Å². The van der Waals surface area contributed by atoms with Crippen LogP contribution in [0.4, 0.5) is 11.5 Å². The molecule has 0 spiro atoms. The van der Waals surface area contributed by atoms with Gasteiger partial charge in [0.05, 0.1) is 11.9 Å². The summed E-state index contributed by atoms with van der Waals surface area (Å²) in [6.07, 6.45) is 2.41. The fraction of sp³-hybridized carbons (Fsp3) is 0.500. The zero-order valence-electron chi connectivity index (χ0n) is 10.9. The van der Waals surface area contributed by atoms with Crippen molar-refractivity contribution in [2.24, 2.45) is 0 Å². The SMILES string of the molecule is CC(C)(CNc1ccc([N+](=O)[O-])nc1)NS(C)(=O)=O. The van der Waals surface area contributed by atoms with Gasteiger partial charge in [-0.3, -0.25) is 0 Å². The fourth-order valence-electron chi connectivity index (χ4n) is 1.46. The van der Waals surface area contributed by atoms with Crippen molar-refractivity contribution in [3.63, 3.8) is 0 Å². The summed E-state index contributed by atoms with van der Waals surface area (Å²) in [6, 6.07) is 2.79. The molecule has 0 amide bonds. The van der Waals surface area contributed by atoms with Gasteiger partial charge in [0.2, 0.25) is 10.0 Å². The highest BCUT2D eigenvalue weighted by atomic mass is 32.2. The minimum absolute atomic E-state index is 0.237. The normalized spacial score (nSPS) is 12.2. The Hall–Kier alpha value is -1.74. The molecule has 0 aliphatic heterocycles. The van der Waals surface area contributed by atoms with Gasteiger partial charge in [0, 0.05) is 18.2 Å². The quantitative estimate of drug-likeness (QED) is 0.589. The van der Waals surface area contributed by atoms with E-state index >= 15 is 0 Å². The van der Waals surface area contributed by atoms with Crippen molar-refractivity contribution in [2.75, 3.05) is 18.1 Å². The molecular weight excluding hydrogens is 272 g/mol. The van der Waals surface area contributed by atoms with Gasteiger partial charge in [0.1, 0.15) is 0 Å². The van der Waals surface area contributed by atoms with E-state index in [4.69, 9.17) is 0 Å². The van der Waals surface area contributed by atoms with Crippen LogP contribution in [-0.4, -0.2) is 36.7 Å². The summed E-state index contributed by atoms with van der Waals surface area (Å²) in [5.74, 6) is -0.237. The largest absolute Gasteiger partial charge is 0.380 e. The summed E-state index contributed by atoms with van der Waals surface area (Å²) in [5.41, 5.74) is -0.107. The van der Waals surface area contributed by atoms with Gasteiger partial charge in [-0.1, -0.05) is 0 Å². The van der Waals surface area contributed by atoms with Gasteiger partial charge in [-0.05, 0) is 29.8 Å². The first-order chi connectivity index (χ1) is 8.59. The lowest BCUT2D eigenvalue weighted by atomic mass is 10.1. The third-order valence-corrected chi connectivity index (χ3v) is 3.05. The molecule has 1 rings (SSSR count). The first-order valence-corrected chi connectivity index (χ1v) is 7.31. The number of hydrogen-bond donors (Lipinski definition) is 2. The van der Waals surface area contributed by atoms with E-state index in [1.54, 1.807) is 13.8 Å². The Bertz CT molecular complexity index is 553. The molecule has 0 saturated heterocycles. The molecule has 0 aliphatic carbocycles. The molecule has 0 saturated carbocycles. The number of anilines is 1. The molecule has 0 atom stereocenters. The van der Waals surface area contributed by atoms with Crippen LogP contribution >= 0.6 is 0 Å². The maximum atomic E-state index is 11.2. The average Bonchev–Trinajstić information content (AvgIpc) is 2.24. The Morgan fingerprint density at radius 1 is 1.42 bits per heavy atom. The van der Waals surface area contributed by atoms with E-state index in [0.29, 0.717) is 12.2 Å². The van der Waals surface area contributed by atoms with Crippen LogP contribution in [0, 0.1) is 10.1 Å². The summed E-state index contributed by atoms with van der Waals surface area (Å²) in [6.45, 7) is 3.76. The minimum Gasteiger partial charge on any atom is -0.380 e. The molecule has 1 heterocycles. The summed E-state index contributed by atoms with van der Waals surface area (Å²) >= 11 is 0. The van der Waals surface area contributed by atoms with Crippen LogP contribution in [-0.2, 0) is 10.0 Å². The molecule has 19 heavy (non-hydrogen) atoms. The van der Waals surface area contributed by atoms with E-state index in [1.807, 2.05) is 0 Å². The highest BCUT2D eigenvalue weighted by Crippen LogP contribution is 2.13. The van der Waals surface area contributed by atoms with Gasteiger partial charge in [0.25, 0.3) is 0 Å². The zero-order valence-corrected chi connectivity index (χ0v) is 11.7. The number of hydrogen-bond acceptors (Lipinski definition) is 6. The lowest BCUT2D eigenvalue weighted by Gasteiger charge is -2.25. The van der Waals surface area contributed by atoms with Gasteiger partial charge >= 0.3 is 5.82 Å². The first kappa shape index (κ1) is 15.3. The molecule has 0 aromatic carbocycles. The maximum Gasteiger partial charge on any atom is 0.363 e. The van der Waals surface area contributed by atoms with Crippen LogP contribution in [0.5, 0.6) is 0 Å². The second-order valence-corrected chi connectivity index (χ2v) is 6.52. The third kappa shape index (κ3) is 5.62. The van der Waals surface area contributed by atoms with Crippen LogP contribution in [0.3, 0.4) is 0 Å². The molecule has 9 heteroatoms. The van der Waals surface area contributed by atoms with Crippen LogP contribution in [0.1, 0.15) is 13.8 Å². The molecule has 0 unspecified atom stereocenters. The maximum absolute atomic E-state index is 11.2. The van der Waals surface area contributed by atoms with E-state index in [1.165, 1.54) is 18.3 Å². The predicted molar refractivity (Wildman–Crippen MR) is 71.4 cm³/mol. The van der Waals surface area contributed by atoms with Crippen molar-refractivity contribution in [2.45, 2.75) is 19.4 Å². The number of nitrogens with zero attached hydrogens (tertiary/aromatic N) is 2. The van der Waals surface area contributed by atoms with Gasteiger partial charge in [-0.2, -0.15) is 0 Å². The van der Waals surface area contributed by atoms with Crippen LogP contribution in [0.2, 0.25) is 0 Å². The summed E-state index contributed by atoms with van der Waals surface area (Å²) in [5, 5.41) is 13.4. The standard InChI is InChI=1S/C10H16N4O4S/c1-10(2,13-19(3,17)18)7-12-8-4-5-9(11-6-8)14(15)16/h4-6,12-13H,7H2,1-3H3. The average molecular weight is 288 g/mol. The van der Waals surface area contributed by atoms with Crippen molar-refractivity contribution in [3.8, 4) is 0 Å². The molecule has 8 nitrogen and oxygen atoms in total. The Morgan fingerprint density at radius 3 is 2.47 bits per heavy atom. The fourth-order valence-corrected chi connectivity index (χ4v) is 2.54. The van der Waals surface area contributed by atoms with Crippen molar-refractivity contribution >= 4 is 21.5 Å². The topological polar surface area (TPSA) is 114 Å². The summed E-state index contributed by atoms with van der Waals surface area (Å²) < 4.78 is 24.8. The predicted octanol–water partition coefficient (Wildman–Crippen LogP) is 0.729. The van der Waals surface area contributed by atoms with Gasteiger partial charge < -0.3 is 15.4 Å². The monoisotopic (exact) mass is 288 g/mol. The number of nitro groups is 1. The molecule has 0 bridgehead atoms. The molecule has 106 valence electrons. The molecule has 1 aromatic rings. The van der Waals surface area contributed by atoms with Crippen molar-refractivity contribution in [1.82, 2.24) is 9.71 Å². The minimum atomic E-state index is -3.30. The number of rotatable bonds is 6. The smallest absolute Gasteiger partial charge is 0.363 e. The van der Waals surface area contributed by atoms with E-state index in [-0.39, 0.29) is 5.82 Å². The Morgan fingerprint density at radius 2 is 2.05 bits per heavy atom. The van der Waals surface area contributed by atoms with Crippen LogP contribution in [0.15, 0.2) is 18.3 Å². The van der Waals surface area contributed by atoms with Crippen molar-refractivity contribution in [3.05, 3.63) is 28.4 Å². The van der Waals surface area contributed by atoms with Gasteiger partial charge in [-0.15, -0.1) is 0 Å². The molecule has 2 N–H and O–H groups in total. The third-order valence-electron chi connectivity index (χ3n) is 2.13. The summed E-state index contributed by atoms with van der Waals surface area (Å²) in [4.78, 5) is 13.5. The highest BCUT2D eigenvalue weighted by molar-refractivity contribution is 7.88. The van der Waals surface area contributed by atoms with Crippen molar-refractivity contribution in [1.29, 1.82) is 0 Å². The van der Waals surface area contributed by atoms with Crippen molar-refractivity contribution < 1.29 is 13.3 Å². The van der Waals surface area contributed by atoms with E-state index < -0.39 is 20.5 Å². The van der Waals surface area contributed by atoms with E-state index in [9.17, 15) is 18.5 Å². The molecule has 0 aliphatic rings. The Balaban J connectivity index is 2.64. The number of sulfonamides is 1. The molecule has 0 fully saturated rings. The Kier molecular flexibility index (Phi) is 4.43. The number of pyridine rings is 1. The summed E-state index contributed by atoms with van der Waals surface area (Å²) in [7, 11) is -3.30. The number of aromatic nitrogens is 1. The molecule has 1 aromatic heterocycles. The molecular formula is C10H16N4O4S. The number of nitrogens with one attached hydrogen (secondary N) is 2. The van der Waals surface area contributed by atoms with Gasteiger partial charge in [-0.25, -0.2) is 13.1 Å². The van der Waals surface area contributed by atoms with E-state index in [2.05, 4.69) is 15.0 Å². The lowest BCUT2D eigenvalue weighted by Crippen LogP contribution is -2.47. The Labute approximate surface area is 111 Å². The molecule has 0 radical (unpaired) electrons. The first-order valence-electron chi connectivity index (χ1n) is 5.42. The highest BCUT2D eigenvalue weighted by Gasteiger charge is 2.22.